The number of tetrazole rings is 1. The van der Waals surface area contributed by atoms with Gasteiger partial charge < -0.3 is 5.73 Å². The smallest absolute Gasteiger partial charge is 0.240 e. The largest absolute Gasteiger partial charge is 0.367 e. The molecule has 1 unspecified atom stereocenters. The third-order valence-electron chi connectivity index (χ3n) is 2.81. The molecule has 0 bridgehead atoms. The molecule has 1 fully saturated rings. The molecule has 1 aromatic rings. The fraction of sp³-hybridized carbons (Fsp3) is 0.875. The predicted molar refractivity (Wildman–Crippen MR) is 52.5 cm³/mol. The summed E-state index contributed by atoms with van der Waals surface area (Å²) in [5, 5.41) is 11.0. The van der Waals surface area contributed by atoms with Crippen molar-refractivity contribution in [3.05, 3.63) is 0 Å². The van der Waals surface area contributed by atoms with Gasteiger partial charge in [0.2, 0.25) is 5.95 Å². The average Bonchev–Trinajstić information content (AvgIpc) is 2.92. The number of hydrogen-bond acceptors (Lipinski definition) is 5. The van der Waals surface area contributed by atoms with Crippen molar-refractivity contribution in [1.29, 1.82) is 0 Å². The van der Waals surface area contributed by atoms with Crippen LogP contribution in [0.25, 0.3) is 0 Å². The second kappa shape index (κ2) is 3.53. The van der Waals surface area contributed by atoms with Crippen molar-refractivity contribution in [1.82, 2.24) is 25.1 Å². The van der Waals surface area contributed by atoms with E-state index < -0.39 is 0 Å². The van der Waals surface area contributed by atoms with Gasteiger partial charge in [0.1, 0.15) is 0 Å². The summed E-state index contributed by atoms with van der Waals surface area (Å²) in [6.07, 6.45) is 2.62. The molecule has 2 N–H and O–H groups in total. The SMILES string of the molecule is CC(Cn1nnnc1N)N(C)C1CC1. The molecule has 6 nitrogen and oxygen atoms in total. The molecule has 1 saturated carbocycles. The highest BCUT2D eigenvalue weighted by Gasteiger charge is 2.29. The van der Waals surface area contributed by atoms with Crippen LogP contribution in [0.1, 0.15) is 19.8 Å². The van der Waals surface area contributed by atoms with Gasteiger partial charge in [-0.2, -0.15) is 0 Å². The Morgan fingerprint density at radius 3 is 2.86 bits per heavy atom. The molecule has 0 radical (unpaired) electrons. The third-order valence-corrected chi connectivity index (χ3v) is 2.81. The third kappa shape index (κ3) is 1.84. The van der Waals surface area contributed by atoms with Gasteiger partial charge in [-0.05, 0) is 37.2 Å². The fourth-order valence-electron chi connectivity index (χ4n) is 1.56. The summed E-state index contributed by atoms with van der Waals surface area (Å²) in [6.45, 7) is 2.92. The summed E-state index contributed by atoms with van der Waals surface area (Å²) in [7, 11) is 2.14. The Morgan fingerprint density at radius 1 is 1.64 bits per heavy atom. The molecule has 0 saturated heterocycles. The van der Waals surface area contributed by atoms with Crippen LogP contribution in [0.2, 0.25) is 0 Å². The summed E-state index contributed by atoms with van der Waals surface area (Å²) in [5.74, 6) is 0.390. The normalized spacial score (nSPS) is 18.8. The Hall–Kier alpha value is -1.17. The molecule has 1 aliphatic carbocycles. The minimum absolute atomic E-state index is 0.390. The number of anilines is 1. The van der Waals surface area contributed by atoms with Crippen molar-refractivity contribution in [3.63, 3.8) is 0 Å². The molecule has 0 amide bonds. The fourth-order valence-corrected chi connectivity index (χ4v) is 1.56. The van der Waals surface area contributed by atoms with Gasteiger partial charge in [-0.25, -0.2) is 4.68 Å². The molecule has 1 heterocycles. The zero-order chi connectivity index (χ0) is 10.1. The van der Waals surface area contributed by atoms with E-state index in [1.54, 1.807) is 4.68 Å². The first-order valence-electron chi connectivity index (χ1n) is 4.92. The number of hydrogen-bond donors (Lipinski definition) is 1. The molecule has 0 aliphatic heterocycles. The van der Waals surface area contributed by atoms with E-state index in [9.17, 15) is 0 Å². The zero-order valence-corrected chi connectivity index (χ0v) is 8.59. The highest BCUT2D eigenvalue weighted by Crippen LogP contribution is 2.27. The quantitative estimate of drug-likeness (QED) is 0.718. The lowest BCUT2D eigenvalue weighted by molar-refractivity contribution is 0.220. The Morgan fingerprint density at radius 2 is 2.36 bits per heavy atom. The first-order chi connectivity index (χ1) is 6.68. The Balaban J connectivity index is 1.93. The first kappa shape index (κ1) is 9.39. The highest BCUT2D eigenvalue weighted by atomic mass is 15.6. The molecular formula is C8H16N6. The maximum absolute atomic E-state index is 5.59. The van der Waals surface area contributed by atoms with Crippen molar-refractivity contribution in [2.75, 3.05) is 12.8 Å². The summed E-state index contributed by atoms with van der Waals surface area (Å²) in [4.78, 5) is 2.36. The van der Waals surface area contributed by atoms with Gasteiger partial charge in [0.05, 0.1) is 6.54 Å². The summed E-state index contributed by atoms with van der Waals surface area (Å²) >= 11 is 0. The van der Waals surface area contributed by atoms with Crippen LogP contribution in [-0.2, 0) is 6.54 Å². The predicted octanol–water partition coefficient (Wildman–Crippen LogP) is -0.262. The van der Waals surface area contributed by atoms with Crippen LogP contribution in [-0.4, -0.2) is 44.2 Å². The van der Waals surface area contributed by atoms with Crippen LogP contribution < -0.4 is 5.73 Å². The Kier molecular flexibility index (Phi) is 2.37. The molecule has 0 spiro atoms. The van der Waals surface area contributed by atoms with Crippen molar-refractivity contribution < 1.29 is 0 Å². The average molecular weight is 196 g/mol. The standard InChI is InChI=1S/C8H16N6/c1-6(13(2)7-3-4-7)5-14-8(9)10-11-12-14/h6-7H,3-5H2,1-2H3,(H2,9,10,12). The van der Waals surface area contributed by atoms with Crippen molar-refractivity contribution in [2.45, 2.75) is 38.4 Å². The second-order valence-electron chi connectivity index (χ2n) is 3.96. The van der Waals surface area contributed by atoms with Gasteiger partial charge in [0.25, 0.3) is 0 Å². The topological polar surface area (TPSA) is 72.9 Å². The number of nitrogens with zero attached hydrogens (tertiary/aromatic N) is 5. The van der Waals surface area contributed by atoms with Gasteiger partial charge in [0, 0.05) is 12.1 Å². The van der Waals surface area contributed by atoms with Crippen LogP contribution in [0.4, 0.5) is 5.95 Å². The lowest BCUT2D eigenvalue weighted by Gasteiger charge is -2.23. The van der Waals surface area contributed by atoms with Crippen LogP contribution in [0.15, 0.2) is 0 Å². The van der Waals surface area contributed by atoms with Gasteiger partial charge in [0.15, 0.2) is 0 Å². The molecule has 6 heteroatoms. The van der Waals surface area contributed by atoms with Gasteiger partial charge in [-0.3, -0.25) is 4.90 Å². The summed E-state index contributed by atoms with van der Waals surface area (Å²) in [6, 6.07) is 1.18. The molecule has 1 atom stereocenters. The Bertz CT molecular complexity index is 305. The molecule has 1 aromatic heterocycles. The first-order valence-corrected chi connectivity index (χ1v) is 4.92. The highest BCUT2D eigenvalue weighted by molar-refractivity contribution is 5.10. The van der Waals surface area contributed by atoms with Gasteiger partial charge >= 0.3 is 0 Å². The van der Waals surface area contributed by atoms with Gasteiger partial charge in [-0.15, -0.1) is 0 Å². The zero-order valence-electron chi connectivity index (χ0n) is 8.59. The number of nitrogens with two attached hydrogens (primary N) is 1. The number of nitrogen functional groups attached to an aromatic ring is 1. The summed E-state index contributed by atoms with van der Waals surface area (Å²) in [5.41, 5.74) is 5.59. The van der Waals surface area contributed by atoms with E-state index in [-0.39, 0.29) is 0 Å². The lowest BCUT2D eigenvalue weighted by atomic mass is 10.3. The molecular weight excluding hydrogens is 180 g/mol. The van der Waals surface area contributed by atoms with Crippen LogP contribution in [0.3, 0.4) is 0 Å². The number of rotatable bonds is 4. The van der Waals surface area contributed by atoms with Crippen LogP contribution in [0.5, 0.6) is 0 Å². The van der Waals surface area contributed by atoms with Gasteiger partial charge in [-0.1, -0.05) is 5.10 Å². The summed E-state index contributed by atoms with van der Waals surface area (Å²) < 4.78 is 1.64. The molecule has 0 aromatic carbocycles. The second-order valence-corrected chi connectivity index (χ2v) is 3.96. The van der Waals surface area contributed by atoms with Crippen molar-refractivity contribution in [2.24, 2.45) is 0 Å². The molecule has 78 valence electrons. The maximum atomic E-state index is 5.59. The van der Waals surface area contributed by atoms with E-state index >= 15 is 0 Å². The van der Waals surface area contributed by atoms with Crippen LogP contribution in [0, 0.1) is 0 Å². The maximum Gasteiger partial charge on any atom is 0.240 e. The van der Waals surface area contributed by atoms with E-state index in [0.29, 0.717) is 12.0 Å². The van der Waals surface area contributed by atoms with E-state index in [1.165, 1.54) is 12.8 Å². The van der Waals surface area contributed by atoms with Crippen LogP contribution >= 0.6 is 0 Å². The lowest BCUT2D eigenvalue weighted by Crippen LogP contribution is -2.35. The molecule has 1 aliphatic rings. The number of aromatic nitrogens is 4. The van der Waals surface area contributed by atoms with E-state index in [2.05, 4.69) is 34.4 Å². The van der Waals surface area contributed by atoms with Crippen molar-refractivity contribution in [3.8, 4) is 0 Å². The minimum Gasteiger partial charge on any atom is -0.367 e. The minimum atomic E-state index is 0.390. The monoisotopic (exact) mass is 196 g/mol. The molecule has 14 heavy (non-hydrogen) atoms. The van der Waals surface area contributed by atoms with E-state index in [1.807, 2.05) is 0 Å². The Labute approximate surface area is 83.1 Å². The van der Waals surface area contributed by atoms with E-state index in [0.717, 1.165) is 12.6 Å². The van der Waals surface area contributed by atoms with E-state index in [4.69, 9.17) is 5.73 Å². The number of likely N-dealkylation sites (N-methyl/N-ethyl adjacent to an activating group) is 1. The molecule has 2 rings (SSSR count). The van der Waals surface area contributed by atoms with Crippen molar-refractivity contribution >= 4 is 5.95 Å².